The van der Waals surface area contributed by atoms with Crippen molar-refractivity contribution in [1.29, 1.82) is 0 Å². The van der Waals surface area contributed by atoms with Crippen LogP contribution in [0.2, 0.25) is 0 Å². The van der Waals surface area contributed by atoms with E-state index in [-0.39, 0.29) is 0 Å². The van der Waals surface area contributed by atoms with Gasteiger partial charge < -0.3 is 5.32 Å². The number of fused-ring (bicyclic) bond motifs is 1. The van der Waals surface area contributed by atoms with Crippen molar-refractivity contribution in [3.05, 3.63) is 51.0 Å². The standard InChI is InChI=1S/C17H22N2S/c1-3-7-19-17(14-8-12(2)10-18-11-14)16-9-13-5-4-6-15(13)20-16/h8-11,17,19H,3-7H2,1-2H3. The molecule has 1 aliphatic carbocycles. The first-order valence-electron chi connectivity index (χ1n) is 7.54. The van der Waals surface area contributed by atoms with Crippen molar-refractivity contribution in [2.75, 3.05) is 6.54 Å². The smallest absolute Gasteiger partial charge is 0.0686 e. The van der Waals surface area contributed by atoms with Gasteiger partial charge in [0.15, 0.2) is 0 Å². The largest absolute Gasteiger partial charge is 0.306 e. The molecule has 0 aliphatic heterocycles. The Bertz CT molecular complexity index is 567. The van der Waals surface area contributed by atoms with Gasteiger partial charge in [-0.3, -0.25) is 4.98 Å². The second kappa shape index (κ2) is 6.06. The number of pyridine rings is 1. The molecule has 0 saturated heterocycles. The van der Waals surface area contributed by atoms with Gasteiger partial charge in [-0.15, -0.1) is 11.3 Å². The predicted octanol–water partition coefficient (Wildman–Crippen LogP) is 4.03. The molecule has 1 unspecified atom stereocenters. The third kappa shape index (κ3) is 2.79. The first-order valence-corrected chi connectivity index (χ1v) is 8.36. The number of rotatable bonds is 5. The molecule has 3 heteroatoms. The molecule has 2 nitrogen and oxygen atoms in total. The molecule has 0 radical (unpaired) electrons. The Balaban J connectivity index is 1.92. The van der Waals surface area contributed by atoms with E-state index in [0.29, 0.717) is 6.04 Å². The van der Waals surface area contributed by atoms with Crippen LogP contribution in [0.15, 0.2) is 24.5 Å². The highest BCUT2D eigenvalue weighted by molar-refractivity contribution is 7.12. The van der Waals surface area contributed by atoms with Crippen LogP contribution in [0.1, 0.15) is 52.3 Å². The molecule has 1 N–H and O–H groups in total. The second-order valence-electron chi connectivity index (χ2n) is 5.63. The number of thiophene rings is 1. The van der Waals surface area contributed by atoms with Crippen molar-refractivity contribution in [3.63, 3.8) is 0 Å². The topological polar surface area (TPSA) is 24.9 Å². The molecule has 20 heavy (non-hydrogen) atoms. The summed E-state index contributed by atoms with van der Waals surface area (Å²) < 4.78 is 0. The molecule has 106 valence electrons. The molecule has 0 saturated carbocycles. The Morgan fingerprint density at radius 2 is 2.20 bits per heavy atom. The van der Waals surface area contributed by atoms with Crippen molar-refractivity contribution in [1.82, 2.24) is 10.3 Å². The minimum absolute atomic E-state index is 0.304. The van der Waals surface area contributed by atoms with E-state index in [1.807, 2.05) is 23.7 Å². The van der Waals surface area contributed by atoms with Crippen LogP contribution in [0.25, 0.3) is 0 Å². The van der Waals surface area contributed by atoms with Crippen LogP contribution in [0.5, 0.6) is 0 Å². The quantitative estimate of drug-likeness (QED) is 0.897. The van der Waals surface area contributed by atoms with Gasteiger partial charge in [-0.2, -0.15) is 0 Å². The summed E-state index contributed by atoms with van der Waals surface area (Å²) in [4.78, 5) is 7.42. The van der Waals surface area contributed by atoms with E-state index in [2.05, 4.69) is 36.3 Å². The highest BCUT2D eigenvalue weighted by atomic mass is 32.1. The van der Waals surface area contributed by atoms with Gasteiger partial charge in [0.1, 0.15) is 0 Å². The number of hydrogen-bond acceptors (Lipinski definition) is 3. The zero-order chi connectivity index (χ0) is 13.9. The molecule has 3 rings (SSSR count). The van der Waals surface area contributed by atoms with Gasteiger partial charge in [0.25, 0.3) is 0 Å². The van der Waals surface area contributed by atoms with Crippen LogP contribution in [-0.4, -0.2) is 11.5 Å². The van der Waals surface area contributed by atoms with Crippen LogP contribution >= 0.6 is 11.3 Å². The highest BCUT2D eigenvalue weighted by Crippen LogP contribution is 2.36. The van der Waals surface area contributed by atoms with E-state index in [1.165, 1.54) is 35.3 Å². The SMILES string of the molecule is CCCNC(c1cncc(C)c1)c1cc2c(s1)CCC2. The molecule has 0 bridgehead atoms. The maximum absolute atomic E-state index is 4.37. The summed E-state index contributed by atoms with van der Waals surface area (Å²) in [5.74, 6) is 0. The predicted molar refractivity (Wildman–Crippen MR) is 85.5 cm³/mol. The van der Waals surface area contributed by atoms with E-state index in [9.17, 15) is 0 Å². The van der Waals surface area contributed by atoms with Gasteiger partial charge in [0.2, 0.25) is 0 Å². The summed E-state index contributed by atoms with van der Waals surface area (Å²) in [6.45, 7) is 5.37. The monoisotopic (exact) mass is 286 g/mol. The molecule has 0 amide bonds. The normalized spacial score (nSPS) is 15.3. The molecule has 2 heterocycles. The number of hydrogen-bond donors (Lipinski definition) is 1. The van der Waals surface area contributed by atoms with E-state index < -0.39 is 0 Å². The minimum atomic E-state index is 0.304. The molecule has 0 fully saturated rings. The van der Waals surface area contributed by atoms with Crippen LogP contribution in [0, 0.1) is 6.92 Å². The highest BCUT2D eigenvalue weighted by Gasteiger charge is 2.21. The lowest BCUT2D eigenvalue weighted by Gasteiger charge is -2.18. The lowest BCUT2D eigenvalue weighted by molar-refractivity contribution is 0.603. The first kappa shape index (κ1) is 13.8. The van der Waals surface area contributed by atoms with Gasteiger partial charge in [0, 0.05) is 22.1 Å². The summed E-state index contributed by atoms with van der Waals surface area (Å²) in [7, 11) is 0. The number of nitrogens with zero attached hydrogens (tertiary/aromatic N) is 1. The molecular weight excluding hydrogens is 264 g/mol. The van der Waals surface area contributed by atoms with Gasteiger partial charge >= 0.3 is 0 Å². The minimum Gasteiger partial charge on any atom is -0.306 e. The molecule has 0 aromatic carbocycles. The fourth-order valence-corrected chi connectivity index (χ4v) is 4.26. The first-order chi connectivity index (χ1) is 9.78. The van der Waals surface area contributed by atoms with Crippen molar-refractivity contribution in [2.45, 2.75) is 45.6 Å². The fourth-order valence-electron chi connectivity index (χ4n) is 2.90. The second-order valence-corrected chi connectivity index (χ2v) is 6.80. The fraction of sp³-hybridized carbons (Fsp3) is 0.471. The van der Waals surface area contributed by atoms with E-state index >= 15 is 0 Å². The Kier molecular flexibility index (Phi) is 4.18. The summed E-state index contributed by atoms with van der Waals surface area (Å²) in [6, 6.07) is 4.98. The summed E-state index contributed by atoms with van der Waals surface area (Å²) in [5.41, 5.74) is 4.10. The molecule has 1 aliphatic rings. The zero-order valence-corrected chi connectivity index (χ0v) is 13.1. The molecule has 2 aromatic rings. The van der Waals surface area contributed by atoms with E-state index in [4.69, 9.17) is 0 Å². The van der Waals surface area contributed by atoms with Crippen molar-refractivity contribution in [3.8, 4) is 0 Å². The average molecular weight is 286 g/mol. The van der Waals surface area contributed by atoms with E-state index in [0.717, 1.165) is 13.0 Å². The third-order valence-corrected chi connectivity index (χ3v) is 5.18. The Hall–Kier alpha value is -1.19. The van der Waals surface area contributed by atoms with Crippen molar-refractivity contribution in [2.24, 2.45) is 0 Å². The lowest BCUT2D eigenvalue weighted by Crippen LogP contribution is -2.22. The van der Waals surface area contributed by atoms with Crippen LogP contribution in [-0.2, 0) is 12.8 Å². The lowest BCUT2D eigenvalue weighted by atomic mass is 10.0. The molecule has 2 aromatic heterocycles. The summed E-state index contributed by atoms with van der Waals surface area (Å²) in [6.07, 6.45) is 8.95. The van der Waals surface area contributed by atoms with Gasteiger partial charge in [-0.05, 0) is 61.9 Å². The van der Waals surface area contributed by atoms with E-state index in [1.54, 1.807) is 10.4 Å². The number of nitrogens with one attached hydrogen (secondary N) is 1. The average Bonchev–Trinajstić information content (AvgIpc) is 3.00. The zero-order valence-electron chi connectivity index (χ0n) is 12.3. The Labute approximate surface area is 125 Å². The van der Waals surface area contributed by atoms with Crippen LogP contribution < -0.4 is 5.32 Å². The van der Waals surface area contributed by atoms with Gasteiger partial charge in [0.05, 0.1) is 6.04 Å². The summed E-state index contributed by atoms with van der Waals surface area (Å²) >= 11 is 1.99. The van der Waals surface area contributed by atoms with Crippen LogP contribution in [0.4, 0.5) is 0 Å². The summed E-state index contributed by atoms with van der Waals surface area (Å²) in [5, 5.41) is 3.69. The molecular formula is C17H22N2S. The Morgan fingerprint density at radius 1 is 1.30 bits per heavy atom. The van der Waals surface area contributed by atoms with Crippen LogP contribution in [0.3, 0.4) is 0 Å². The third-order valence-electron chi connectivity index (χ3n) is 3.88. The van der Waals surface area contributed by atoms with Gasteiger partial charge in [-0.25, -0.2) is 0 Å². The maximum Gasteiger partial charge on any atom is 0.0686 e. The maximum atomic E-state index is 4.37. The number of aromatic nitrogens is 1. The van der Waals surface area contributed by atoms with Crippen molar-refractivity contribution < 1.29 is 0 Å². The molecule has 0 spiro atoms. The molecule has 1 atom stereocenters. The van der Waals surface area contributed by atoms with Crippen molar-refractivity contribution >= 4 is 11.3 Å². The van der Waals surface area contributed by atoms with Gasteiger partial charge in [-0.1, -0.05) is 13.0 Å². The Morgan fingerprint density at radius 3 is 2.95 bits per heavy atom. The number of aryl methyl sites for hydroxylation is 3.